The highest BCUT2D eigenvalue weighted by atomic mass is 79.9. The van der Waals surface area contributed by atoms with Gasteiger partial charge < -0.3 is 15.8 Å². The Labute approximate surface area is 157 Å². The average Bonchev–Trinajstić information content (AvgIpc) is 2.54. The number of hydrogen-bond acceptors (Lipinski definition) is 3. The lowest BCUT2D eigenvalue weighted by Crippen LogP contribution is -2.48. The maximum Gasteiger partial charge on any atom is 0.244 e. The number of ether oxygens (including phenoxy) is 1. The van der Waals surface area contributed by atoms with Crippen molar-refractivity contribution < 1.29 is 9.53 Å². The van der Waals surface area contributed by atoms with E-state index in [0.717, 1.165) is 21.2 Å². The van der Waals surface area contributed by atoms with Gasteiger partial charge >= 0.3 is 0 Å². The van der Waals surface area contributed by atoms with Gasteiger partial charge in [0.2, 0.25) is 5.91 Å². The molecule has 2 aromatic carbocycles. The second-order valence-electron chi connectivity index (χ2n) is 5.59. The highest BCUT2D eigenvalue weighted by Gasteiger charge is 2.30. The standard InChI is InChI=1S/C18H21BrN2O2.ClH/c1-18(20,15-7-9-16(19)10-8-15)17(22)21-11-13-5-3-4-6-14(13)12-23-2;/h3-10H,11-12,20H2,1-2H3,(H,21,22);1H. The Balaban J connectivity index is 0.00000288. The Kier molecular flexibility index (Phi) is 7.90. The zero-order valence-electron chi connectivity index (χ0n) is 13.7. The van der Waals surface area contributed by atoms with Gasteiger partial charge in [0, 0.05) is 18.1 Å². The minimum absolute atomic E-state index is 0. The van der Waals surface area contributed by atoms with Crippen LogP contribution in [-0.4, -0.2) is 13.0 Å². The average molecular weight is 414 g/mol. The summed E-state index contributed by atoms with van der Waals surface area (Å²) in [6.07, 6.45) is 0. The highest BCUT2D eigenvalue weighted by molar-refractivity contribution is 9.10. The van der Waals surface area contributed by atoms with E-state index in [-0.39, 0.29) is 18.3 Å². The summed E-state index contributed by atoms with van der Waals surface area (Å²) in [5.41, 5.74) is 8.00. The third-order valence-electron chi connectivity index (χ3n) is 3.77. The molecule has 2 aromatic rings. The molecule has 24 heavy (non-hydrogen) atoms. The van der Waals surface area contributed by atoms with Crippen LogP contribution in [0.15, 0.2) is 53.0 Å². The Hall–Kier alpha value is -1.40. The topological polar surface area (TPSA) is 64.3 Å². The molecule has 0 bridgehead atoms. The molecule has 0 aliphatic heterocycles. The van der Waals surface area contributed by atoms with E-state index in [4.69, 9.17) is 10.5 Å². The number of hydrogen-bond donors (Lipinski definition) is 2. The van der Waals surface area contributed by atoms with Gasteiger partial charge in [0.05, 0.1) is 6.61 Å². The summed E-state index contributed by atoms with van der Waals surface area (Å²) in [6.45, 7) is 2.65. The van der Waals surface area contributed by atoms with E-state index >= 15 is 0 Å². The molecule has 0 aliphatic carbocycles. The SMILES string of the molecule is COCc1ccccc1CNC(=O)C(C)(N)c1ccc(Br)cc1.Cl. The summed E-state index contributed by atoms with van der Waals surface area (Å²) in [6, 6.07) is 15.3. The van der Waals surface area contributed by atoms with Crippen LogP contribution < -0.4 is 11.1 Å². The number of nitrogens with two attached hydrogens (primary N) is 1. The summed E-state index contributed by atoms with van der Waals surface area (Å²) >= 11 is 3.38. The predicted octanol–water partition coefficient (Wildman–Crippen LogP) is 3.51. The smallest absolute Gasteiger partial charge is 0.244 e. The molecule has 4 nitrogen and oxygen atoms in total. The van der Waals surface area contributed by atoms with Crippen LogP contribution in [0.4, 0.5) is 0 Å². The van der Waals surface area contributed by atoms with Crippen LogP contribution >= 0.6 is 28.3 Å². The number of nitrogens with one attached hydrogen (secondary N) is 1. The Morgan fingerprint density at radius 1 is 1.17 bits per heavy atom. The molecule has 0 saturated carbocycles. The van der Waals surface area contributed by atoms with E-state index < -0.39 is 5.54 Å². The summed E-state index contributed by atoms with van der Waals surface area (Å²) in [5, 5.41) is 2.92. The molecule has 0 saturated heterocycles. The first-order valence-corrected chi connectivity index (χ1v) is 8.13. The lowest BCUT2D eigenvalue weighted by Gasteiger charge is -2.24. The number of rotatable bonds is 6. The van der Waals surface area contributed by atoms with Crippen LogP contribution in [0.25, 0.3) is 0 Å². The van der Waals surface area contributed by atoms with Crippen molar-refractivity contribution >= 4 is 34.2 Å². The fourth-order valence-electron chi connectivity index (χ4n) is 2.31. The molecule has 1 unspecified atom stereocenters. The molecule has 0 aromatic heterocycles. The minimum Gasteiger partial charge on any atom is -0.380 e. The number of carbonyl (C=O) groups excluding carboxylic acids is 1. The molecule has 130 valence electrons. The van der Waals surface area contributed by atoms with Crippen LogP contribution in [0, 0.1) is 0 Å². The number of methoxy groups -OCH3 is 1. The van der Waals surface area contributed by atoms with E-state index in [1.165, 1.54) is 0 Å². The Morgan fingerprint density at radius 2 is 1.75 bits per heavy atom. The normalized spacial score (nSPS) is 12.8. The molecule has 0 fully saturated rings. The summed E-state index contributed by atoms with van der Waals surface area (Å²) in [7, 11) is 1.65. The van der Waals surface area contributed by atoms with Gasteiger partial charge in [0.25, 0.3) is 0 Å². The van der Waals surface area contributed by atoms with Crippen LogP contribution in [0.5, 0.6) is 0 Å². The highest BCUT2D eigenvalue weighted by Crippen LogP contribution is 2.21. The van der Waals surface area contributed by atoms with E-state index in [1.54, 1.807) is 14.0 Å². The van der Waals surface area contributed by atoms with Crippen molar-refractivity contribution in [2.45, 2.75) is 25.6 Å². The number of benzene rings is 2. The van der Waals surface area contributed by atoms with Crippen molar-refractivity contribution in [2.24, 2.45) is 5.73 Å². The predicted molar refractivity (Wildman–Crippen MR) is 102 cm³/mol. The maximum absolute atomic E-state index is 12.5. The molecular weight excluding hydrogens is 392 g/mol. The number of carbonyl (C=O) groups is 1. The quantitative estimate of drug-likeness (QED) is 0.762. The molecule has 1 amide bonds. The summed E-state index contributed by atoms with van der Waals surface area (Å²) < 4.78 is 6.13. The van der Waals surface area contributed by atoms with Crippen molar-refractivity contribution in [2.75, 3.05) is 7.11 Å². The summed E-state index contributed by atoms with van der Waals surface area (Å²) in [5.74, 6) is -0.216. The van der Waals surface area contributed by atoms with Crippen LogP contribution in [0.3, 0.4) is 0 Å². The van der Waals surface area contributed by atoms with E-state index in [9.17, 15) is 4.79 Å². The van der Waals surface area contributed by atoms with Gasteiger partial charge in [0.15, 0.2) is 0 Å². The van der Waals surface area contributed by atoms with Crippen LogP contribution in [0.1, 0.15) is 23.6 Å². The van der Waals surface area contributed by atoms with Crippen molar-refractivity contribution in [3.05, 3.63) is 69.7 Å². The molecule has 0 aliphatic rings. The lowest BCUT2D eigenvalue weighted by atomic mass is 9.92. The second kappa shape index (κ2) is 9.18. The summed E-state index contributed by atoms with van der Waals surface area (Å²) in [4.78, 5) is 12.5. The number of amides is 1. The van der Waals surface area contributed by atoms with Gasteiger partial charge in [-0.05, 0) is 35.7 Å². The monoisotopic (exact) mass is 412 g/mol. The first-order chi connectivity index (χ1) is 10.9. The maximum atomic E-state index is 12.5. The first-order valence-electron chi connectivity index (χ1n) is 7.34. The van der Waals surface area contributed by atoms with Gasteiger partial charge in [0.1, 0.15) is 5.54 Å². The third kappa shape index (κ3) is 5.05. The zero-order valence-corrected chi connectivity index (χ0v) is 16.1. The molecule has 0 heterocycles. The van der Waals surface area contributed by atoms with Crippen molar-refractivity contribution in [3.8, 4) is 0 Å². The third-order valence-corrected chi connectivity index (χ3v) is 4.30. The van der Waals surface area contributed by atoms with Gasteiger partial charge in [-0.25, -0.2) is 0 Å². The molecule has 6 heteroatoms. The van der Waals surface area contributed by atoms with Gasteiger partial charge in [-0.2, -0.15) is 0 Å². The molecule has 1 atom stereocenters. The molecule has 3 N–H and O–H groups in total. The fraction of sp³-hybridized carbons (Fsp3) is 0.278. The van der Waals surface area contributed by atoms with Gasteiger partial charge in [-0.1, -0.05) is 52.3 Å². The first kappa shape index (κ1) is 20.6. The minimum atomic E-state index is -1.09. The van der Waals surface area contributed by atoms with Gasteiger partial charge in [-0.15, -0.1) is 12.4 Å². The Bertz CT molecular complexity index is 675. The lowest BCUT2D eigenvalue weighted by molar-refractivity contribution is -0.126. The molecule has 0 spiro atoms. The van der Waals surface area contributed by atoms with E-state index in [0.29, 0.717) is 13.2 Å². The molecule has 0 radical (unpaired) electrons. The second-order valence-corrected chi connectivity index (χ2v) is 6.51. The number of halogens is 2. The molecule has 2 rings (SSSR count). The van der Waals surface area contributed by atoms with Crippen LogP contribution in [0.2, 0.25) is 0 Å². The van der Waals surface area contributed by atoms with Crippen LogP contribution in [-0.2, 0) is 28.2 Å². The van der Waals surface area contributed by atoms with Gasteiger partial charge in [-0.3, -0.25) is 4.79 Å². The van der Waals surface area contributed by atoms with E-state index in [2.05, 4.69) is 21.2 Å². The van der Waals surface area contributed by atoms with Crippen molar-refractivity contribution in [3.63, 3.8) is 0 Å². The van der Waals surface area contributed by atoms with E-state index in [1.807, 2.05) is 48.5 Å². The zero-order chi connectivity index (χ0) is 16.9. The fourth-order valence-corrected chi connectivity index (χ4v) is 2.58. The van der Waals surface area contributed by atoms with Crippen molar-refractivity contribution in [1.29, 1.82) is 0 Å². The molecular formula is C18H22BrClN2O2. The van der Waals surface area contributed by atoms with Crippen molar-refractivity contribution in [1.82, 2.24) is 5.32 Å². The Morgan fingerprint density at radius 3 is 2.33 bits per heavy atom. The largest absolute Gasteiger partial charge is 0.380 e.